The molecule has 7 heteroatoms. The molecule has 2 aromatic rings. The summed E-state index contributed by atoms with van der Waals surface area (Å²) in [5.74, 6) is -0.172. The Kier molecular flexibility index (Phi) is 2.83. The SMILES string of the molecule is O=C(Cc1ncn2c1C[C@@H](F)C2)Nc1nccs1. The molecule has 1 N–H and O–H groups in total. The number of hydrogen-bond donors (Lipinski definition) is 1. The zero-order chi connectivity index (χ0) is 12.5. The van der Waals surface area contributed by atoms with Crippen LogP contribution in [0.25, 0.3) is 0 Å². The molecule has 1 atom stereocenters. The van der Waals surface area contributed by atoms with Gasteiger partial charge in [-0.3, -0.25) is 4.79 Å². The first-order valence-electron chi connectivity index (χ1n) is 5.58. The van der Waals surface area contributed by atoms with E-state index in [9.17, 15) is 9.18 Å². The molecular formula is C11H11FN4OS. The highest BCUT2D eigenvalue weighted by atomic mass is 32.1. The van der Waals surface area contributed by atoms with Gasteiger partial charge in [0.1, 0.15) is 6.17 Å². The highest BCUT2D eigenvalue weighted by Gasteiger charge is 2.25. The van der Waals surface area contributed by atoms with E-state index in [-0.39, 0.29) is 12.3 Å². The second kappa shape index (κ2) is 4.49. The van der Waals surface area contributed by atoms with E-state index >= 15 is 0 Å². The van der Waals surface area contributed by atoms with E-state index in [0.29, 0.717) is 23.8 Å². The van der Waals surface area contributed by atoms with Gasteiger partial charge in [-0.25, -0.2) is 14.4 Å². The Morgan fingerprint density at radius 2 is 2.50 bits per heavy atom. The molecule has 0 unspecified atom stereocenters. The third-order valence-corrected chi connectivity index (χ3v) is 3.54. The number of hydrogen-bond acceptors (Lipinski definition) is 4. The molecule has 1 aliphatic heterocycles. The molecule has 1 amide bonds. The lowest BCUT2D eigenvalue weighted by Gasteiger charge is -2.01. The van der Waals surface area contributed by atoms with Gasteiger partial charge in [0.15, 0.2) is 5.13 Å². The number of amides is 1. The summed E-state index contributed by atoms with van der Waals surface area (Å²) >= 11 is 1.36. The first-order valence-corrected chi connectivity index (χ1v) is 6.46. The van der Waals surface area contributed by atoms with Crippen LogP contribution in [0.4, 0.5) is 9.52 Å². The van der Waals surface area contributed by atoms with E-state index in [4.69, 9.17) is 0 Å². The molecule has 0 saturated carbocycles. The van der Waals surface area contributed by atoms with Crippen molar-refractivity contribution in [2.75, 3.05) is 5.32 Å². The van der Waals surface area contributed by atoms with Gasteiger partial charge in [0.25, 0.3) is 0 Å². The largest absolute Gasteiger partial charge is 0.331 e. The van der Waals surface area contributed by atoms with Crippen molar-refractivity contribution in [1.29, 1.82) is 0 Å². The Balaban J connectivity index is 1.68. The summed E-state index contributed by atoms with van der Waals surface area (Å²) in [4.78, 5) is 19.9. The molecule has 0 radical (unpaired) electrons. The fraction of sp³-hybridized carbons (Fsp3) is 0.364. The van der Waals surface area contributed by atoms with E-state index in [1.807, 2.05) is 0 Å². The number of rotatable bonds is 3. The molecular weight excluding hydrogens is 255 g/mol. The zero-order valence-electron chi connectivity index (χ0n) is 9.47. The number of nitrogens with zero attached hydrogens (tertiary/aromatic N) is 3. The standard InChI is InChI=1S/C11H11FN4OS/c12-7-3-9-8(14-6-16(9)5-7)4-10(17)15-11-13-1-2-18-11/h1-2,6-7H,3-5H2,(H,13,15,17)/t7-/m1/s1. The number of anilines is 1. The monoisotopic (exact) mass is 266 g/mol. The number of imidazole rings is 1. The van der Waals surface area contributed by atoms with E-state index < -0.39 is 6.17 Å². The van der Waals surface area contributed by atoms with Crippen molar-refractivity contribution >= 4 is 22.4 Å². The average molecular weight is 266 g/mol. The summed E-state index contributed by atoms with van der Waals surface area (Å²) in [6, 6.07) is 0. The van der Waals surface area contributed by atoms with Crippen LogP contribution in [0.2, 0.25) is 0 Å². The quantitative estimate of drug-likeness (QED) is 0.914. The van der Waals surface area contributed by atoms with Gasteiger partial charge in [0.05, 0.1) is 25.0 Å². The fourth-order valence-electron chi connectivity index (χ4n) is 2.08. The van der Waals surface area contributed by atoms with E-state index in [1.165, 1.54) is 11.3 Å². The minimum Gasteiger partial charge on any atom is -0.331 e. The van der Waals surface area contributed by atoms with E-state index in [1.54, 1.807) is 22.5 Å². The van der Waals surface area contributed by atoms with Gasteiger partial charge in [-0.2, -0.15) is 0 Å². The maximum Gasteiger partial charge on any atom is 0.232 e. The third kappa shape index (κ3) is 2.13. The Labute approximate surface area is 107 Å². The van der Waals surface area contributed by atoms with Crippen LogP contribution in [-0.4, -0.2) is 26.6 Å². The van der Waals surface area contributed by atoms with Gasteiger partial charge in [-0.15, -0.1) is 11.3 Å². The number of nitrogens with one attached hydrogen (secondary N) is 1. The maximum atomic E-state index is 13.2. The molecule has 0 spiro atoms. The Morgan fingerprint density at radius 3 is 3.28 bits per heavy atom. The van der Waals surface area contributed by atoms with Crippen LogP contribution in [0, 0.1) is 0 Å². The van der Waals surface area contributed by atoms with Crippen LogP contribution in [0.15, 0.2) is 17.9 Å². The second-order valence-electron chi connectivity index (χ2n) is 4.15. The number of alkyl halides is 1. The molecule has 0 fully saturated rings. The third-order valence-electron chi connectivity index (χ3n) is 2.85. The molecule has 5 nitrogen and oxygen atoms in total. The van der Waals surface area contributed by atoms with Crippen molar-refractivity contribution in [3.8, 4) is 0 Å². The molecule has 94 valence electrons. The van der Waals surface area contributed by atoms with Gasteiger partial charge in [-0.05, 0) is 0 Å². The van der Waals surface area contributed by atoms with E-state index in [2.05, 4.69) is 15.3 Å². The van der Waals surface area contributed by atoms with Gasteiger partial charge in [-0.1, -0.05) is 0 Å². The summed E-state index contributed by atoms with van der Waals surface area (Å²) in [6.45, 7) is 0.344. The van der Waals surface area contributed by atoms with Crippen LogP contribution in [-0.2, 0) is 24.2 Å². The van der Waals surface area contributed by atoms with Crippen LogP contribution in [0.1, 0.15) is 11.4 Å². The average Bonchev–Trinajstić information content (AvgIpc) is 2.98. The smallest absolute Gasteiger partial charge is 0.232 e. The Bertz CT molecular complexity index is 566. The van der Waals surface area contributed by atoms with Crippen molar-refractivity contribution in [2.45, 2.75) is 25.6 Å². The van der Waals surface area contributed by atoms with Crippen molar-refractivity contribution in [3.63, 3.8) is 0 Å². The van der Waals surface area contributed by atoms with Gasteiger partial charge in [0.2, 0.25) is 5.91 Å². The number of carbonyl (C=O) groups excluding carboxylic acids is 1. The van der Waals surface area contributed by atoms with Gasteiger partial charge in [0, 0.05) is 23.7 Å². The molecule has 0 saturated heterocycles. The van der Waals surface area contributed by atoms with Crippen molar-refractivity contribution in [1.82, 2.24) is 14.5 Å². The Morgan fingerprint density at radius 1 is 1.61 bits per heavy atom. The van der Waals surface area contributed by atoms with E-state index in [0.717, 1.165) is 5.69 Å². The topological polar surface area (TPSA) is 59.8 Å². The highest BCUT2D eigenvalue weighted by Crippen LogP contribution is 2.21. The van der Waals surface area contributed by atoms with Crippen LogP contribution < -0.4 is 5.32 Å². The molecule has 0 aromatic carbocycles. The summed E-state index contributed by atoms with van der Waals surface area (Å²) < 4.78 is 15.0. The molecule has 18 heavy (non-hydrogen) atoms. The summed E-state index contributed by atoms with van der Waals surface area (Å²) in [5.41, 5.74) is 1.49. The minimum atomic E-state index is -0.858. The molecule has 3 heterocycles. The van der Waals surface area contributed by atoms with Crippen LogP contribution in [0.3, 0.4) is 0 Å². The summed E-state index contributed by atoms with van der Waals surface area (Å²) in [7, 11) is 0. The lowest BCUT2D eigenvalue weighted by Crippen LogP contribution is -2.15. The second-order valence-corrected chi connectivity index (χ2v) is 5.05. The molecule has 2 aromatic heterocycles. The van der Waals surface area contributed by atoms with Crippen molar-refractivity contribution in [3.05, 3.63) is 29.3 Å². The zero-order valence-corrected chi connectivity index (χ0v) is 10.3. The van der Waals surface area contributed by atoms with Crippen LogP contribution >= 0.6 is 11.3 Å². The van der Waals surface area contributed by atoms with Gasteiger partial charge < -0.3 is 9.88 Å². The maximum absolute atomic E-state index is 13.2. The van der Waals surface area contributed by atoms with Crippen LogP contribution in [0.5, 0.6) is 0 Å². The number of halogens is 1. The lowest BCUT2D eigenvalue weighted by atomic mass is 10.2. The normalized spacial score (nSPS) is 17.7. The predicted octanol–water partition coefficient (Wildman–Crippen LogP) is 1.42. The number of thiazole rings is 1. The first-order chi connectivity index (χ1) is 8.72. The molecule has 0 bridgehead atoms. The molecule has 3 rings (SSSR count). The molecule has 0 aliphatic carbocycles. The highest BCUT2D eigenvalue weighted by molar-refractivity contribution is 7.13. The molecule has 1 aliphatic rings. The van der Waals surface area contributed by atoms with Crippen molar-refractivity contribution in [2.24, 2.45) is 0 Å². The number of carbonyl (C=O) groups is 1. The lowest BCUT2D eigenvalue weighted by molar-refractivity contribution is -0.115. The Hall–Kier alpha value is -1.76. The summed E-state index contributed by atoms with van der Waals surface area (Å²) in [5, 5.41) is 5.05. The number of aromatic nitrogens is 3. The minimum absolute atomic E-state index is 0.161. The fourth-order valence-corrected chi connectivity index (χ4v) is 2.62. The number of fused-ring (bicyclic) bond motifs is 1. The first kappa shape index (κ1) is 11.3. The van der Waals surface area contributed by atoms with Crippen molar-refractivity contribution < 1.29 is 9.18 Å². The van der Waals surface area contributed by atoms with Gasteiger partial charge >= 0.3 is 0 Å². The summed E-state index contributed by atoms with van der Waals surface area (Å²) in [6.07, 6.45) is 2.88. The predicted molar refractivity (Wildman–Crippen MR) is 65.3 cm³/mol.